The molecule has 0 spiro atoms. The minimum absolute atomic E-state index is 0. The molecule has 0 aliphatic rings. The lowest BCUT2D eigenvalue weighted by molar-refractivity contribution is -0.137. The number of hydrogen-bond acceptors (Lipinski definition) is 2. The normalized spacial score (nSPS) is 13.0. The molecule has 1 aromatic carbocycles. The van der Waals surface area contributed by atoms with Crippen LogP contribution >= 0.6 is 12.4 Å². The van der Waals surface area contributed by atoms with Gasteiger partial charge in [0.2, 0.25) is 0 Å². The van der Waals surface area contributed by atoms with Crippen LogP contribution in [0, 0.1) is 0 Å². The molecule has 102 valence electrons. The van der Waals surface area contributed by atoms with E-state index in [2.05, 4.69) is 0 Å². The fraction of sp³-hybridized carbons (Fsp3) is 0.417. The monoisotopic (exact) mass is 281 g/mol. The Morgan fingerprint density at radius 3 is 2.06 bits per heavy atom. The first-order valence-electron chi connectivity index (χ1n) is 5.13. The van der Waals surface area contributed by atoms with Crippen LogP contribution in [-0.4, -0.2) is 25.3 Å². The van der Waals surface area contributed by atoms with Crippen molar-refractivity contribution in [3.63, 3.8) is 0 Å². The number of alkyl halides is 3. The van der Waals surface area contributed by atoms with E-state index in [0.29, 0.717) is 5.56 Å². The zero-order chi connectivity index (χ0) is 13.1. The molecule has 0 saturated heterocycles. The molecule has 2 nitrogen and oxygen atoms in total. The maximum absolute atomic E-state index is 12.4. The number of aldehydes is 1. The number of benzene rings is 1. The van der Waals surface area contributed by atoms with Crippen LogP contribution in [0.15, 0.2) is 24.3 Å². The van der Waals surface area contributed by atoms with Crippen molar-refractivity contribution in [1.82, 2.24) is 4.90 Å². The fourth-order valence-corrected chi connectivity index (χ4v) is 1.63. The lowest BCUT2D eigenvalue weighted by Crippen LogP contribution is -2.20. The van der Waals surface area contributed by atoms with Crippen molar-refractivity contribution < 1.29 is 18.0 Å². The minimum atomic E-state index is -4.32. The second kappa shape index (κ2) is 6.75. The van der Waals surface area contributed by atoms with E-state index in [0.717, 1.165) is 18.4 Å². The third kappa shape index (κ3) is 4.31. The smallest absolute Gasteiger partial charge is 0.303 e. The van der Waals surface area contributed by atoms with Gasteiger partial charge in [-0.3, -0.25) is 0 Å². The van der Waals surface area contributed by atoms with Gasteiger partial charge in [-0.25, -0.2) is 0 Å². The zero-order valence-electron chi connectivity index (χ0n) is 10.1. The standard InChI is InChI=1S/C12H14F3NO.ClH/c1-16(2)11(7-8-17)9-3-5-10(6-4-9)12(13,14)15;/h3-6,8,11H,7H2,1-2H3;1H. The van der Waals surface area contributed by atoms with E-state index in [1.807, 2.05) is 0 Å². The van der Waals surface area contributed by atoms with Crippen LogP contribution in [0.5, 0.6) is 0 Å². The molecule has 6 heteroatoms. The summed E-state index contributed by atoms with van der Waals surface area (Å²) in [4.78, 5) is 12.3. The Hall–Kier alpha value is -1.07. The number of rotatable bonds is 4. The molecule has 0 bridgehead atoms. The van der Waals surface area contributed by atoms with Gasteiger partial charge >= 0.3 is 6.18 Å². The van der Waals surface area contributed by atoms with Gasteiger partial charge in [-0.05, 0) is 31.8 Å². The van der Waals surface area contributed by atoms with E-state index in [1.165, 1.54) is 12.1 Å². The lowest BCUT2D eigenvalue weighted by atomic mass is 10.0. The summed E-state index contributed by atoms with van der Waals surface area (Å²) in [6, 6.07) is 4.72. The molecule has 1 atom stereocenters. The Morgan fingerprint density at radius 1 is 1.22 bits per heavy atom. The summed E-state index contributed by atoms with van der Waals surface area (Å²) in [6.07, 6.45) is -3.29. The van der Waals surface area contributed by atoms with Crippen molar-refractivity contribution in [2.75, 3.05) is 14.1 Å². The maximum Gasteiger partial charge on any atom is 0.416 e. The number of nitrogens with zero attached hydrogens (tertiary/aromatic N) is 1. The van der Waals surface area contributed by atoms with Gasteiger partial charge in [0, 0.05) is 12.5 Å². The highest BCUT2D eigenvalue weighted by atomic mass is 35.5. The number of carbonyl (C=O) groups excluding carboxylic acids is 1. The van der Waals surface area contributed by atoms with Gasteiger partial charge in [-0.2, -0.15) is 13.2 Å². The van der Waals surface area contributed by atoms with Crippen LogP contribution in [0.1, 0.15) is 23.6 Å². The van der Waals surface area contributed by atoms with Crippen molar-refractivity contribution in [2.45, 2.75) is 18.6 Å². The van der Waals surface area contributed by atoms with Gasteiger partial charge in [0.05, 0.1) is 5.56 Å². The first kappa shape index (κ1) is 16.9. The maximum atomic E-state index is 12.4. The van der Waals surface area contributed by atoms with Crippen LogP contribution in [-0.2, 0) is 11.0 Å². The average molecular weight is 282 g/mol. The minimum Gasteiger partial charge on any atom is -0.303 e. The molecular formula is C12H15ClF3NO. The van der Waals surface area contributed by atoms with Crippen molar-refractivity contribution in [3.05, 3.63) is 35.4 Å². The van der Waals surface area contributed by atoms with Crippen molar-refractivity contribution >= 4 is 18.7 Å². The van der Waals surface area contributed by atoms with Gasteiger partial charge < -0.3 is 9.69 Å². The highest BCUT2D eigenvalue weighted by Crippen LogP contribution is 2.30. The Kier molecular flexibility index (Phi) is 6.35. The highest BCUT2D eigenvalue weighted by Gasteiger charge is 2.30. The highest BCUT2D eigenvalue weighted by molar-refractivity contribution is 5.85. The quantitative estimate of drug-likeness (QED) is 0.789. The van der Waals surface area contributed by atoms with E-state index in [9.17, 15) is 18.0 Å². The third-order valence-electron chi connectivity index (χ3n) is 2.57. The molecule has 0 aliphatic heterocycles. The molecule has 0 aliphatic carbocycles. The third-order valence-corrected chi connectivity index (χ3v) is 2.57. The molecule has 0 radical (unpaired) electrons. The largest absolute Gasteiger partial charge is 0.416 e. The molecule has 0 aromatic heterocycles. The van der Waals surface area contributed by atoms with Gasteiger partial charge in [-0.15, -0.1) is 12.4 Å². The summed E-state index contributed by atoms with van der Waals surface area (Å²) in [5, 5.41) is 0. The van der Waals surface area contributed by atoms with Crippen molar-refractivity contribution in [2.24, 2.45) is 0 Å². The Balaban J connectivity index is 0.00000289. The summed E-state index contributed by atoms with van der Waals surface area (Å²) >= 11 is 0. The van der Waals surface area contributed by atoms with E-state index in [-0.39, 0.29) is 24.9 Å². The van der Waals surface area contributed by atoms with Gasteiger partial charge in [0.15, 0.2) is 0 Å². The first-order chi connectivity index (χ1) is 7.86. The van der Waals surface area contributed by atoms with E-state index in [4.69, 9.17) is 0 Å². The summed E-state index contributed by atoms with van der Waals surface area (Å²) in [6.45, 7) is 0. The van der Waals surface area contributed by atoms with Gasteiger partial charge in [-0.1, -0.05) is 12.1 Å². The molecule has 18 heavy (non-hydrogen) atoms. The number of halogens is 4. The summed E-state index contributed by atoms with van der Waals surface area (Å²) in [7, 11) is 3.57. The molecule has 1 unspecified atom stereocenters. The average Bonchev–Trinajstić information content (AvgIpc) is 2.24. The Morgan fingerprint density at radius 2 is 1.72 bits per heavy atom. The Labute approximate surface area is 110 Å². The lowest BCUT2D eigenvalue weighted by Gasteiger charge is -2.23. The van der Waals surface area contributed by atoms with Crippen molar-refractivity contribution in [1.29, 1.82) is 0 Å². The summed E-state index contributed by atoms with van der Waals surface area (Å²) in [5.74, 6) is 0. The SMILES string of the molecule is CN(C)C(CC=O)c1ccc(C(F)(F)F)cc1.Cl. The molecule has 0 N–H and O–H groups in total. The molecule has 0 amide bonds. The molecule has 1 rings (SSSR count). The molecule has 1 aromatic rings. The molecule has 0 fully saturated rings. The van der Waals surface area contributed by atoms with Gasteiger partial charge in [0.1, 0.15) is 6.29 Å². The van der Waals surface area contributed by atoms with E-state index in [1.54, 1.807) is 19.0 Å². The predicted molar refractivity (Wildman–Crippen MR) is 65.8 cm³/mol. The molecular weight excluding hydrogens is 267 g/mol. The molecule has 0 heterocycles. The van der Waals surface area contributed by atoms with Crippen LogP contribution in [0.25, 0.3) is 0 Å². The topological polar surface area (TPSA) is 20.3 Å². The zero-order valence-corrected chi connectivity index (χ0v) is 10.9. The fourth-order valence-electron chi connectivity index (χ4n) is 1.63. The molecule has 0 saturated carbocycles. The van der Waals surface area contributed by atoms with Crippen LogP contribution in [0.4, 0.5) is 13.2 Å². The van der Waals surface area contributed by atoms with Crippen LogP contribution < -0.4 is 0 Å². The van der Waals surface area contributed by atoms with Crippen LogP contribution in [0.3, 0.4) is 0 Å². The van der Waals surface area contributed by atoms with Crippen molar-refractivity contribution in [3.8, 4) is 0 Å². The van der Waals surface area contributed by atoms with Crippen LogP contribution in [0.2, 0.25) is 0 Å². The van der Waals surface area contributed by atoms with E-state index >= 15 is 0 Å². The van der Waals surface area contributed by atoms with Gasteiger partial charge in [0.25, 0.3) is 0 Å². The number of carbonyl (C=O) groups is 1. The Bertz CT molecular complexity index is 376. The first-order valence-corrected chi connectivity index (χ1v) is 5.13. The number of hydrogen-bond donors (Lipinski definition) is 0. The predicted octanol–water partition coefficient (Wildman–Crippen LogP) is 3.32. The second-order valence-electron chi connectivity index (χ2n) is 4.00. The summed E-state index contributed by atoms with van der Waals surface area (Å²) < 4.78 is 37.1. The summed E-state index contributed by atoms with van der Waals surface area (Å²) in [5.41, 5.74) is 0.0277. The second-order valence-corrected chi connectivity index (χ2v) is 4.00. The van der Waals surface area contributed by atoms with E-state index < -0.39 is 11.7 Å².